The molecule has 104 valence electrons. The van der Waals surface area contributed by atoms with E-state index in [1.807, 2.05) is 6.07 Å². The van der Waals surface area contributed by atoms with Crippen LogP contribution in [0.2, 0.25) is 5.15 Å². The van der Waals surface area contributed by atoms with Gasteiger partial charge in [0.1, 0.15) is 10.0 Å². The number of sulfonamides is 1. The van der Waals surface area contributed by atoms with Crippen molar-refractivity contribution < 1.29 is 13.2 Å². The van der Waals surface area contributed by atoms with Gasteiger partial charge in [-0.1, -0.05) is 11.6 Å². The first-order chi connectivity index (χ1) is 9.04. The van der Waals surface area contributed by atoms with E-state index in [2.05, 4.69) is 4.98 Å². The molecule has 6 nitrogen and oxygen atoms in total. The topological polar surface area (TPSA) is 83.3 Å². The van der Waals surface area contributed by atoms with Gasteiger partial charge >= 0.3 is 0 Å². The van der Waals surface area contributed by atoms with Crippen LogP contribution in [0.25, 0.3) is 0 Å². The summed E-state index contributed by atoms with van der Waals surface area (Å²) in [5, 5.41) is 8.51. The summed E-state index contributed by atoms with van der Waals surface area (Å²) in [5.41, 5.74) is 0. The molecular weight excluding hydrogens is 290 g/mol. The van der Waals surface area contributed by atoms with Crippen LogP contribution in [0.5, 0.6) is 0 Å². The van der Waals surface area contributed by atoms with Gasteiger partial charge in [0.15, 0.2) is 0 Å². The van der Waals surface area contributed by atoms with E-state index in [9.17, 15) is 8.42 Å². The molecule has 1 aromatic heterocycles. The Balaban J connectivity index is 3.05. The summed E-state index contributed by atoms with van der Waals surface area (Å²) in [7, 11) is -2.29. The van der Waals surface area contributed by atoms with Crippen molar-refractivity contribution in [3.05, 3.63) is 23.5 Å². The third kappa shape index (κ3) is 4.14. The molecule has 1 heterocycles. The summed E-state index contributed by atoms with van der Waals surface area (Å²) in [5.74, 6) is 0. The van der Waals surface area contributed by atoms with Gasteiger partial charge in [0, 0.05) is 32.8 Å². The Kier molecular flexibility index (Phi) is 6.18. The number of aromatic nitrogens is 1. The van der Waals surface area contributed by atoms with Gasteiger partial charge in [0.2, 0.25) is 10.0 Å². The van der Waals surface area contributed by atoms with Gasteiger partial charge in [-0.05, 0) is 12.1 Å². The minimum absolute atomic E-state index is 0.0642. The van der Waals surface area contributed by atoms with Crippen molar-refractivity contribution in [2.75, 3.05) is 26.8 Å². The fourth-order valence-electron chi connectivity index (χ4n) is 1.42. The Morgan fingerprint density at radius 3 is 2.84 bits per heavy atom. The van der Waals surface area contributed by atoms with Gasteiger partial charge in [-0.15, -0.1) is 0 Å². The number of nitrogens with zero attached hydrogens (tertiary/aromatic N) is 3. The van der Waals surface area contributed by atoms with Crippen LogP contribution in [0.4, 0.5) is 0 Å². The molecule has 0 unspecified atom stereocenters. The lowest BCUT2D eigenvalue weighted by Crippen LogP contribution is -2.35. The minimum atomic E-state index is -3.77. The molecule has 8 heteroatoms. The number of rotatable bonds is 7. The lowest BCUT2D eigenvalue weighted by atomic mass is 10.4. The fourth-order valence-corrected chi connectivity index (χ4v) is 3.28. The zero-order chi connectivity index (χ0) is 14.3. The molecule has 0 saturated heterocycles. The average Bonchev–Trinajstić information content (AvgIpc) is 2.39. The van der Waals surface area contributed by atoms with Crippen LogP contribution < -0.4 is 0 Å². The summed E-state index contributed by atoms with van der Waals surface area (Å²) in [4.78, 5) is 3.69. The molecule has 0 amide bonds. The Morgan fingerprint density at radius 2 is 2.26 bits per heavy atom. The zero-order valence-electron chi connectivity index (χ0n) is 10.4. The van der Waals surface area contributed by atoms with E-state index < -0.39 is 10.0 Å². The van der Waals surface area contributed by atoms with Crippen molar-refractivity contribution in [1.29, 1.82) is 5.26 Å². The van der Waals surface area contributed by atoms with E-state index >= 15 is 0 Å². The van der Waals surface area contributed by atoms with E-state index in [-0.39, 0.29) is 36.2 Å². The first-order valence-electron chi connectivity index (χ1n) is 5.50. The Labute approximate surface area is 117 Å². The predicted octanol–water partition coefficient (Wildman–Crippen LogP) is 1.29. The third-order valence-corrected chi connectivity index (χ3v) is 4.70. The van der Waals surface area contributed by atoms with Crippen LogP contribution in [0, 0.1) is 11.3 Å². The molecule has 0 aromatic carbocycles. The van der Waals surface area contributed by atoms with E-state index in [4.69, 9.17) is 21.6 Å². The van der Waals surface area contributed by atoms with Gasteiger partial charge in [-0.2, -0.15) is 9.57 Å². The van der Waals surface area contributed by atoms with Crippen molar-refractivity contribution in [3.8, 4) is 6.07 Å². The highest BCUT2D eigenvalue weighted by molar-refractivity contribution is 7.89. The van der Waals surface area contributed by atoms with Crippen molar-refractivity contribution in [1.82, 2.24) is 9.29 Å². The molecule has 1 rings (SSSR count). The molecule has 0 atom stereocenters. The van der Waals surface area contributed by atoms with Gasteiger partial charge in [0.05, 0.1) is 12.7 Å². The second-order valence-electron chi connectivity index (χ2n) is 3.60. The number of ether oxygens (including phenoxy) is 1. The van der Waals surface area contributed by atoms with Gasteiger partial charge < -0.3 is 4.74 Å². The quantitative estimate of drug-likeness (QED) is 0.709. The highest BCUT2D eigenvalue weighted by Crippen LogP contribution is 2.22. The minimum Gasteiger partial charge on any atom is -0.383 e. The van der Waals surface area contributed by atoms with Crippen LogP contribution in [-0.4, -0.2) is 44.5 Å². The monoisotopic (exact) mass is 303 g/mol. The smallest absolute Gasteiger partial charge is 0.246 e. The lowest BCUT2D eigenvalue weighted by molar-refractivity contribution is 0.179. The molecule has 19 heavy (non-hydrogen) atoms. The normalized spacial score (nSPS) is 11.5. The number of pyridine rings is 1. The highest BCUT2D eigenvalue weighted by Gasteiger charge is 2.26. The molecule has 0 radical (unpaired) electrons. The maximum absolute atomic E-state index is 12.4. The maximum Gasteiger partial charge on any atom is 0.246 e. The fraction of sp³-hybridized carbons (Fsp3) is 0.455. The summed E-state index contributed by atoms with van der Waals surface area (Å²) in [6.45, 7) is 0.488. The van der Waals surface area contributed by atoms with E-state index in [1.54, 1.807) is 0 Å². The van der Waals surface area contributed by atoms with Crippen LogP contribution in [0.1, 0.15) is 6.42 Å². The number of methoxy groups -OCH3 is 1. The molecule has 1 aromatic rings. The number of hydrogen-bond acceptors (Lipinski definition) is 5. The summed E-state index contributed by atoms with van der Waals surface area (Å²) in [6, 6.07) is 4.80. The van der Waals surface area contributed by atoms with E-state index in [0.29, 0.717) is 0 Å². The number of halogens is 1. The molecular formula is C11H14ClN3O3S. The van der Waals surface area contributed by atoms with Crippen molar-refractivity contribution >= 4 is 21.6 Å². The molecule has 0 spiro atoms. The lowest BCUT2D eigenvalue weighted by Gasteiger charge is -2.20. The first-order valence-corrected chi connectivity index (χ1v) is 7.32. The van der Waals surface area contributed by atoms with E-state index in [1.165, 1.54) is 29.7 Å². The van der Waals surface area contributed by atoms with Crippen LogP contribution in [0.15, 0.2) is 23.2 Å². The number of hydrogen-bond donors (Lipinski definition) is 0. The zero-order valence-corrected chi connectivity index (χ0v) is 12.0. The number of nitriles is 1. The SMILES string of the molecule is COCCN(CCC#N)S(=O)(=O)c1cccnc1Cl. The summed E-state index contributed by atoms with van der Waals surface area (Å²) in [6.07, 6.45) is 1.51. The Morgan fingerprint density at radius 1 is 1.53 bits per heavy atom. The Bertz CT molecular complexity index is 557. The van der Waals surface area contributed by atoms with Crippen LogP contribution in [0.3, 0.4) is 0 Å². The van der Waals surface area contributed by atoms with Gasteiger partial charge in [-0.3, -0.25) is 0 Å². The average molecular weight is 304 g/mol. The molecule has 0 aliphatic carbocycles. The maximum atomic E-state index is 12.4. The van der Waals surface area contributed by atoms with E-state index in [0.717, 1.165) is 0 Å². The first kappa shape index (κ1) is 15.9. The van der Waals surface area contributed by atoms with Gasteiger partial charge in [0.25, 0.3) is 0 Å². The molecule has 0 aliphatic rings. The third-order valence-electron chi connectivity index (χ3n) is 2.36. The van der Waals surface area contributed by atoms with Crippen LogP contribution >= 0.6 is 11.6 Å². The van der Waals surface area contributed by atoms with Crippen LogP contribution in [-0.2, 0) is 14.8 Å². The Hall–Kier alpha value is -1.20. The molecule has 0 fully saturated rings. The summed E-state index contributed by atoms with van der Waals surface area (Å²) < 4.78 is 30.8. The molecule has 0 saturated carbocycles. The molecule has 0 bridgehead atoms. The standard InChI is InChI=1S/C11H14ClN3O3S/c1-18-9-8-15(7-3-5-13)19(16,17)10-4-2-6-14-11(10)12/h2,4,6H,3,7-9H2,1H3. The van der Waals surface area contributed by atoms with Crippen molar-refractivity contribution in [2.45, 2.75) is 11.3 Å². The summed E-state index contributed by atoms with van der Waals surface area (Å²) >= 11 is 5.81. The van der Waals surface area contributed by atoms with Crippen molar-refractivity contribution in [3.63, 3.8) is 0 Å². The molecule has 0 N–H and O–H groups in total. The largest absolute Gasteiger partial charge is 0.383 e. The second-order valence-corrected chi connectivity index (χ2v) is 5.86. The highest BCUT2D eigenvalue weighted by atomic mass is 35.5. The van der Waals surface area contributed by atoms with Gasteiger partial charge in [-0.25, -0.2) is 13.4 Å². The van der Waals surface area contributed by atoms with Crippen molar-refractivity contribution in [2.24, 2.45) is 0 Å². The predicted molar refractivity (Wildman–Crippen MR) is 70.1 cm³/mol. The second kappa shape index (κ2) is 7.40. The molecule has 0 aliphatic heterocycles.